The highest BCUT2D eigenvalue weighted by Gasteiger charge is 2.38. The van der Waals surface area contributed by atoms with Crippen molar-refractivity contribution < 1.29 is 46.2 Å². The highest BCUT2D eigenvalue weighted by atomic mass is 32.2. The van der Waals surface area contributed by atoms with E-state index in [9.17, 15) is 22.7 Å². The third-order valence-corrected chi connectivity index (χ3v) is 6.18. The number of carbonyl (C=O) groups is 1. The van der Waals surface area contributed by atoms with E-state index in [0.717, 1.165) is 0 Å². The third kappa shape index (κ3) is 6.72. The number of methoxy groups -OCH3 is 3. The van der Waals surface area contributed by atoms with Gasteiger partial charge in [-0.1, -0.05) is 12.1 Å². The molecule has 34 heavy (non-hydrogen) atoms. The molecule has 0 spiro atoms. The van der Waals surface area contributed by atoms with Crippen LogP contribution in [0.5, 0.6) is 23.0 Å². The van der Waals surface area contributed by atoms with Gasteiger partial charge in [-0.05, 0) is 24.6 Å². The van der Waals surface area contributed by atoms with Gasteiger partial charge in [-0.15, -0.1) is 0 Å². The third-order valence-electron chi connectivity index (χ3n) is 4.96. The smallest absolute Gasteiger partial charge is 0.301 e. The number of hydrogen-bond acceptors (Lipinski definition) is 8. The second-order valence-corrected chi connectivity index (χ2v) is 9.17. The molecule has 10 nitrogen and oxygen atoms in total. The van der Waals surface area contributed by atoms with Gasteiger partial charge in [-0.3, -0.25) is 9.35 Å². The Hall–Kier alpha value is -3.09. The van der Waals surface area contributed by atoms with E-state index in [0.29, 0.717) is 24.0 Å². The van der Waals surface area contributed by atoms with E-state index in [1.807, 2.05) is 0 Å². The summed E-state index contributed by atoms with van der Waals surface area (Å²) in [5.74, 6) is 0.741. The maximum absolute atomic E-state index is 13.9. The lowest BCUT2D eigenvalue weighted by atomic mass is 9.99. The van der Waals surface area contributed by atoms with Crippen LogP contribution < -0.4 is 24.3 Å². The van der Waals surface area contributed by atoms with Crippen molar-refractivity contribution in [1.82, 2.24) is 5.32 Å². The van der Waals surface area contributed by atoms with Gasteiger partial charge in [0.25, 0.3) is 0 Å². The Morgan fingerprint density at radius 1 is 1.06 bits per heavy atom. The van der Waals surface area contributed by atoms with Gasteiger partial charge in [0, 0.05) is 12.1 Å². The summed E-state index contributed by atoms with van der Waals surface area (Å²) in [6.45, 7) is -0.493. The molecular formula is C22H28FNO9S. The number of carbonyl (C=O) groups excluding carboxylic acids is 1. The first kappa shape index (κ1) is 27.2. The number of halogens is 1. The summed E-state index contributed by atoms with van der Waals surface area (Å²) in [5, 5.41) is 10.1. The number of nitrogens with one attached hydrogen (secondary N) is 1. The molecule has 12 heteroatoms. The molecule has 0 heterocycles. The number of alkyl halides is 1. The zero-order chi connectivity index (χ0) is 25.5. The second-order valence-electron chi connectivity index (χ2n) is 7.37. The standard InChI is InChI=1S/C22H28FNO9S/c1-22(23,34(27,28)29)13-24-19(25)9-10-33-18-12-16(31-3)11-17(32-4)20(18)21(26)14-5-7-15(30-2)8-6-14/h5-8,11-12,21,26H,9-10,13H2,1-4H3,(H,24,25)(H,27,28,29). The highest BCUT2D eigenvalue weighted by molar-refractivity contribution is 7.87. The summed E-state index contributed by atoms with van der Waals surface area (Å²) in [7, 11) is -0.619. The molecule has 0 radical (unpaired) electrons. The molecule has 2 aromatic carbocycles. The summed E-state index contributed by atoms with van der Waals surface area (Å²) < 4.78 is 66.2. The first-order valence-electron chi connectivity index (χ1n) is 10.1. The molecule has 0 bridgehead atoms. The van der Waals surface area contributed by atoms with E-state index in [-0.39, 0.29) is 30.1 Å². The van der Waals surface area contributed by atoms with Crippen molar-refractivity contribution in [3.63, 3.8) is 0 Å². The van der Waals surface area contributed by atoms with Gasteiger partial charge >= 0.3 is 10.1 Å². The molecule has 0 aliphatic carbocycles. The van der Waals surface area contributed by atoms with E-state index >= 15 is 0 Å². The Morgan fingerprint density at radius 2 is 1.65 bits per heavy atom. The van der Waals surface area contributed by atoms with Crippen LogP contribution in [0.15, 0.2) is 36.4 Å². The number of benzene rings is 2. The van der Waals surface area contributed by atoms with E-state index in [2.05, 4.69) is 5.32 Å². The molecule has 2 unspecified atom stereocenters. The summed E-state index contributed by atoms with van der Waals surface area (Å²) in [4.78, 5) is 12.0. The minimum absolute atomic E-state index is 0.181. The normalized spacial score (nSPS) is 14.0. The van der Waals surface area contributed by atoms with Crippen LogP contribution in [0.25, 0.3) is 0 Å². The lowest BCUT2D eigenvalue weighted by Gasteiger charge is -2.21. The summed E-state index contributed by atoms with van der Waals surface area (Å²) in [5.41, 5.74) is 0.816. The molecule has 0 saturated heterocycles. The molecule has 0 aliphatic heterocycles. The quantitative estimate of drug-likeness (QED) is 0.374. The Morgan fingerprint density at radius 3 is 2.18 bits per heavy atom. The van der Waals surface area contributed by atoms with E-state index in [1.165, 1.54) is 27.4 Å². The minimum Gasteiger partial charge on any atom is -0.497 e. The fourth-order valence-electron chi connectivity index (χ4n) is 2.90. The zero-order valence-corrected chi connectivity index (χ0v) is 20.0. The Balaban J connectivity index is 2.19. The van der Waals surface area contributed by atoms with Crippen molar-refractivity contribution in [3.8, 4) is 23.0 Å². The van der Waals surface area contributed by atoms with Crippen LogP contribution in [0.2, 0.25) is 0 Å². The van der Waals surface area contributed by atoms with E-state index in [1.54, 1.807) is 30.3 Å². The maximum atomic E-state index is 13.9. The number of hydrogen-bond donors (Lipinski definition) is 3. The van der Waals surface area contributed by atoms with Crippen LogP contribution in [0.4, 0.5) is 4.39 Å². The van der Waals surface area contributed by atoms with Crippen LogP contribution >= 0.6 is 0 Å². The Labute approximate surface area is 197 Å². The average Bonchev–Trinajstić information content (AvgIpc) is 2.81. The van der Waals surface area contributed by atoms with Crippen LogP contribution in [-0.4, -0.2) is 63.5 Å². The predicted octanol–water partition coefficient (Wildman–Crippen LogP) is 2.25. The number of amides is 1. The molecule has 0 aromatic heterocycles. The van der Waals surface area contributed by atoms with Crippen LogP contribution in [0, 0.1) is 0 Å². The van der Waals surface area contributed by atoms with Gasteiger partial charge in [0.1, 0.15) is 29.1 Å². The topological polar surface area (TPSA) is 141 Å². The first-order chi connectivity index (χ1) is 15.9. The highest BCUT2D eigenvalue weighted by Crippen LogP contribution is 2.41. The Bertz CT molecular complexity index is 1090. The molecule has 2 rings (SSSR count). The predicted molar refractivity (Wildman–Crippen MR) is 121 cm³/mol. The van der Waals surface area contributed by atoms with Gasteiger partial charge < -0.3 is 29.4 Å². The van der Waals surface area contributed by atoms with Crippen molar-refractivity contribution in [2.75, 3.05) is 34.5 Å². The maximum Gasteiger partial charge on any atom is 0.301 e. The molecule has 1 amide bonds. The van der Waals surface area contributed by atoms with E-state index in [4.69, 9.17) is 23.5 Å². The lowest BCUT2D eigenvalue weighted by Crippen LogP contribution is -2.43. The summed E-state index contributed by atoms with van der Waals surface area (Å²) in [6.07, 6.45) is -1.42. The van der Waals surface area contributed by atoms with Crippen molar-refractivity contribution >= 4 is 16.0 Å². The molecule has 3 N–H and O–H groups in total. The SMILES string of the molecule is COc1ccc(C(O)c2c(OC)cc(OC)cc2OCCC(=O)NCC(C)(F)S(=O)(=O)O)cc1. The minimum atomic E-state index is -5.00. The van der Waals surface area contributed by atoms with Gasteiger partial charge in [0.05, 0.1) is 46.5 Å². The molecule has 188 valence electrons. The number of aliphatic hydroxyl groups excluding tert-OH is 1. The molecule has 2 aromatic rings. The van der Waals surface area contributed by atoms with E-state index < -0.39 is 33.7 Å². The Kier molecular flexibility index (Phi) is 9.07. The van der Waals surface area contributed by atoms with Crippen molar-refractivity contribution in [2.24, 2.45) is 0 Å². The zero-order valence-electron chi connectivity index (χ0n) is 19.2. The molecule has 2 atom stereocenters. The van der Waals surface area contributed by atoms with Gasteiger partial charge in [-0.25, -0.2) is 4.39 Å². The second kappa shape index (κ2) is 11.4. The van der Waals surface area contributed by atoms with Crippen molar-refractivity contribution in [2.45, 2.75) is 24.4 Å². The van der Waals surface area contributed by atoms with Crippen LogP contribution in [-0.2, 0) is 14.9 Å². The molecule has 0 aliphatic rings. The lowest BCUT2D eigenvalue weighted by molar-refractivity contribution is -0.121. The average molecular weight is 502 g/mol. The summed E-state index contributed by atoms with van der Waals surface area (Å²) in [6, 6.07) is 9.80. The van der Waals surface area contributed by atoms with Crippen molar-refractivity contribution in [1.29, 1.82) is 0 Å². The first-order valence-corrected chi connectivity index (χ1v) is 11.5. The van der Waals surface area contributed by atoms with Crippen LogP contribution in [0.1, 0.15) is 30.6 Å². The van der Waals surface area contributed by atoms with Crippen molar-refractivity contribution in [3.05, 3.63) is 47.5 Å². The number of ether oxygens (including phenoxy) is 4. The molecular weight excluding hydrogens is 473 g/mol. The summed E-state index contributed by atoms with van der Waals surface area (Å²) >= 11 is 0. The number of aliphatic hydroxyl groups is 1. The fraction of sp³-hybridized carbons (Fsp3) is 0.409. The molecule has 0 fully saturated rings. The monoisotopic (exact) mass is 501 g/mol. The van der Waals surface area contributed by atoms with Crippen LogP contribution in [0.3, 0.4) is 0 Å². The molecule has 0 saturated carbocycles. The largest absolute Gasteiger partial charge is 0.497 e. The van der Waals surface area contributed by atoms with Gasteiger partial charge in [0.2, 0.25) is 10.9 Å². The van der Waals surface area contributed by atoms with Gasteiger partial charge in [0.15, 0.2) is 0 Å². The fourth-order valence-corrected chi connectivity index (χ4v) is 3.15. The van der Waals surface area contributed by atoms with Gasteiger partial charge in [-0.2, -0.15) is 8.42 Å². The number of rotatable bonds is 12.